The second kappa shape index (κ2) is 16.9. The summed E-state index contributed by atoms with van der Waals surface area (Å²) in [5, 5.41) is 0. The van der Waals surface area contributed by atoms with Crippen LogP contribution in [0.25, 0.3) is 11.1 Å². The largest absolute Gasteiger partial charge is 0.494 e. The zero-order valence-electron chi connectivity index (χ0n) is 24.1. The summed E-state index contributed by atoms with van der Waals surface area (Å²) < 4.78 is 18.1. The number of ether oxygens (including phenoxy) is 3. The summed E-state index contributed by atoms with van der Waals surface area (Å²) in [6.07, 6.45) is 13.9. The molecule has 1 atom stereocenters. The number of unbranched alkanes of at least 4 members (excludes halogenated alkanes) is 5. The number of rotatable bonds is 17. The SMILES string of the molecule is CCCCCCCCOc1ccc(-c2ccc([C@H]3CO[C@H](CCC(C)CCCC(C)C)OC3)cc2)cc1. The summed E-state index contributed by atoms with van der Waals surface area (Å²) in [7, 11) is 0. The van der Waals surface area contributed by atoms with Crippen molar-refractivity contribution in [3.8, 4) is 16.9 Å². The van der Waals surface area contributed by atoms with Gasteiger partial charge in [-0.15, -0.1) is 0 Å². The standard InChI is InChI=1S/C34H52O3/c1-5-6-7-8-9-10-24-35-33-21-19-30(20-22-33)29-15-17-31(18-16-29)32-25-36-34(37-26-32)23-14-28(4)13-11-12-27(2)3/h15-22,27-28,32,34H,5-14,23-26H2,1-4H3/t28?,32-,34-. The molecule has 37 heavy (non-hydrogen) atoms. The number of benzene rings is 2. The van der Waals surface area contributed by atoms with Crippen LogP contribution in [0.1, 0.15) is 110 Å². The molecule has 0 saturated carbocycles. The summed E-state index contributed by atoms with van der Waals surface area (Å²) in [6.45, 7) is 11.5. The first-order chi connectivity index (χ1) is 18.0. The molecule has 2 aromatic carbocycles. The minimum absolute atomic E-state index is 0.0372. The highest BCUT2D eigenvalue weighted by atomic mass is 16.7. The average Bonchev–Trinajstić information content (AvgIpc) is 2.92. The molecule has 1 unspecified atom stereocenters. The van der Waals surface area contributed by atoms with Crippen LogP contribution < -0.4 is 4.74 Å². The molecule has 0 amide bonds. The van der Waals surface area contributed by atoms with E-state index in [0.29, 0.717) is 5.92 Å². The predicted molar refractivity (Wildman–Crippen MR) is 156 cm³/mol. The second-order valence-electron chi connectivity index (χ2n) is 11.6. The van der Waals surface area contributed by atoms with Crippen LogP contribution in [0.4, 0.5) is 0 Å². The summed E-state index contributed by atoms with van der Waals surface area (Å²) in [5.74, 6) is 2.83. The Morgan fingerprint density at radius 3 is 2.00 bits per heavy atom. The third-order valence-electron chi connectivity index (χ3n) is 7.68. The Morgan fingerprint density at radius 1 is 0.730 bits per heavy atom. The summed E-state index contributed by atoms with van der Waals surface area (Å²) in [4.78, 5) is 0. The lowest BCUT2D eigenvalue weighted by Crippen LogP contribution is -2.31. The van der Waals surface area contributed by atoms with Crippen molar-refractivity contribution < 1.29 is 14.2 Å². The van der Waals surface area contributed by atoms with Crippen molar-refractivity contribution in [1.29, 1.82) is 0 Å². The minimum atomic E-state index is -0.0372. The maximum absolute atomic E-state index is 6.09. The van der Waals surface area contributed by atoms with Crippen LogP contribution in [-0.2, 0) is 9.47 Å². The van der Waals surface area contributed by atoms with Gasteiger partial charge in [-0.2, -0.15) is 0 Å². The van der Waals surface area contributed by atoms with Gasteiger partial charge in [-0.3, -0.25) is 0 Å². The summed E-state index contributed by atoms with van der Waals surface area (Å²) >= 11 is 0. The first-order valence-electron chi connectivity index (χ1n) is 15.1. The highest BCUT2D eigenvalue weighted by molar-refractivity contribution is 5.64. The lowest BCUT2D eigenvalue weighted by atomic mass is 9.95. The average molecular weight is 509 g/mol. The van der Waals surface area contributed by atoms with Crippen LogP contribution in [0.5, 0.6) is 5.75 Å². The van der Waals surface area contributed by atoms with Crippen molar-refractivity contribution in [3.63, 3.8) is 0 Å². The molecule has 0 N–H and O–H groups in total. The monoisotopic (exact) mass is 508 g/mol. The molecule has 1 aliphatic heterocycles. The third-order valence-corrected chi connectivity index (χ3v) is 7.68. The summed E-state index contributed by atoms with van der Waals surface area (Å²) in [6, 6.07) is 17.4. The van der Waals surface area contributed by atoms with Gasteiger partial charge in [0.2, 0.25) is 0 Å². The van der Waals surface area contributed by atoms with Crippen molar-refractivity contribution in [1.82, 2.24) is 0 Å². The van der Waals surface area contributed by atoms with Gasteiger partial charge in [-0.1, -0.05) is 115 Å². The van der Waals surface area contributed by atoms with E-state index in [0.717, 1.165) is 50.2 Å². The molecule has 2 aromatic rings. The van der Waals surface area contributed by atoms with Crippen molar-refractivity contribution in [2.24, 2.45) is 11.8 Å². The van der Waals surface area contributed by atoms with Crippen LogP contribution in [0.15, 0.2) is 48.5 Å². The van der Waals surface area contributed by atoms with Gasteiger partial charge < -0.3 is 14.2 Å². The van der Waals surface area contributed by atoms with Gasteiger partial charge in [0.1, 0.15) is 5.75 Å². The molecule has 1 fully saturated rings. The lowest BCUT2D eigenvalue weighted by molar-refractivity contribution is -0.191. The zero-order valence-corrected chi connectivity index (χ0v) is 24.1. The molecular weight excluding hydrogens is 456 g/mol. The second-order valence-corrected chi connectivity index (χ2v) is 11.6. The van der Waals surface area contributed by atoms with E-state index in [4.69, 9.17) is 14.2 Å². The fraction of sp³-hybridized carbons (Fsp3) is 0.647. The Labute approximate surface area is 227 Å². The van der Waals surface area contributed by atoms with E-state index in [1.165, 1.54) is 74.5 Å². The molecule has 0 spiro atoms. The molecular formula is C34H52O3. The van der Waals surface area contributed by atoms with Crippen LogP contribution >= 0.6 is 0 Å². The minimum Gasteiger partial charge on any atom is -0.494 e. The van der Waals surface area contributed by atoms with Crippen LogP contribution in [0.2, 0.25) is 0 Å². The molecule has 0 aromatic heterocycles. The van der Waals surface area contributed by atoms with E-state index in [1.807, 2.05) is 0 Å². The Balaban J connectivity index is 1.35. The number of hydrogen-bond acceptors (Lipinski definition) is 3. The Hall–Kier alpha value is -1.84. The van der Waals surface area contributed by atoms with Gasteiger partial charge in [-0.25, -0.2) is 0 Å². The van der Waals surface area contributed by atoms with E-state index < -0.39 is 0 Å². The maximum Gasteiger partial charge on any atom is 0.157 e. The molecule has 1 aliphatic rings. The fourth-order valence-electron chi connectivity index (χ4n) is 5.11. The van der Waals surface area contributed by atoms with Crippen molar-refractivity contribution in [2.45, 2.75) is 111 Å². The van der Waals surface area contributed by atoms with Crippen LogP contribution in [0, 0.1) is 11.8 Å². The van der Waals surface area contributed by atoms with Crippen molar-refractivity contribution >= 4 is 0 Å². The van der Waals surface area contributed by atoms with E-state index >= 15 is 0 Å². The molecule has 0 aliphatic carbocycles. The predicted octanol–water partition coefficient (Wildman–Crippen LogP) is 9.79. The van der Waals surface area contributed by atoms with Gasteiger partial charge in [0.25, 0.3) is 0 Å². The normalized spacial score (nSPS) is 18.7. The molecule has 1 heterocycles. The maximum atomic E-state index is 6.09. The number of hydrogen-bond donors (Lipinski definition) is 0. The molecule has 3 heteroatoms. The van der Waals surface area contributed by atoms with E-state index in [1.54, 1.807) is 0 Å². The molecule has 3 nitrogen and oxygen atoms in total. The van der Waals surface area contributed by atoms with Gasteiger partial charge in [0.05, 0.1) is 19.8 Å². The summed E-state index contributed by atoms with van der Waals surface area (Å²) in [5.41, 5.74) is 3.74. The molecule has 0 radical (unpaired) electrons. The molecule has 206 valence electrons. The van der Waals surface area contributed by atoms with Gasteiger partial charge in [-0.05, 0) is 59.9 Å². The zero-order chi connectivity index (χ0) is 26.3. The topological polar surface area (TPSA) is 27.7 Å². The Bertz CT molecular complexity index is 834. The molecule has 3 rings (SSSR count). The van der Waals surface area contributed by atoms with Gasteiger partial charge >= 0.3 is 0 Å². The fourth-order valence-corrected chi connectivity index (χ4v) is 5.11. The Morgan fingerprint density at radius 2 is 1.35 bits per heavy atom. The highest BCUT2D eigenvalue weighted by Crippen LogP contribution is 2.29. The van der Waals surface area contributed by atoms with E-state index in [9.17, 15) is 0 Å². The van der Waals surface area contributed by atoms with Crippen LogP contribution in [-0.4, -0.2) is 26.1 Å². The molecule has 1 saturated heterocycles. The molecule has 0 bridgehead atoms. The first kappa shape index (κ1) is 29.7. The van der Waals surface area contributed by atoms with Gasteiger partial charge in [0.15, 0.2) is 6.29 Å². The van der Waals surface area contributed by atoms with E-state index in [-0.39, 0.29) is 6.29 Å². The highest BCUT2D eigenvalue weighted by Gasteiger charge is 2.24. The van der Waals surface area contributed by atoms with Crippen molar-refractivity contribution in [2.75, 3.05) is 19.8 Å². The lowest BCUT2D eigenvalue weighted by Gasteiger charge is -2.30. The first-order valence-corrected chi connectivity index (χ1v) is 15.1. The Kier molecular flexibility index (Phi) is 13.6. The van der Waals surface area contributed by atoms with Gasteiger partial charge in [0, 0.05) is 5.92 Å². The smallest absolute Gasteiger partial charge is 0.157 e. The quantitative estimate of drug-likeness (QED) is 0.199. The van der Waals surface area contributed by atoms with Crippen molar-refractivity contribution in [3.05, 3.63) is 54.1 Å². The van der Waals surface area contributed by atoms with E-state index in [2.05, 4.69) is 76.2 Å². The third kappa shape index (κ3) is 11.2. The van der Waals surface area contributed by atoms with Crippen LogP contribution in [0.3, 0.4) is 0 Å².